The van der Waals surface area contributed by atoms with E-state index in [-0.39, 0.29) is 10.5 Å². The first-order chi connectivity index (χ1) is 15.4. The maximum Gasteiger partial charge on any atom is 0.259 e. The molecule has 2 aliphatic rings. The number of sulfonamides is 1. The predicted octanol–water partition coefficient (Wildman–Crippen LogP) is 1.80. The second-order valence-corrected chi connectivity index (χ2v) is 9.85. The third-order valence-corrected chi connectivity index (χ3v) is 7.01. The summed E-state index contributed by atoms with van der Waals surface area (Å²) >= 11 is 1.29. The van der Waals surface area contributed by atoms with Crippen molar-refractivity contribution in [3.63, 3.8) is 0 Å². The van der Waals surface area contributed by atoms with Crippen molar-refractivity contribution >= 4 is 48.3 Å². The fourth-order valence-electron chi connectivity index (χ4n) is 3.64. The summed E-state index contributed by atoms with van der Waals surface area (Å²) in [4.78, 5) is 19.5. The number of carbonyl (C=O) groups is 1. The molecule has 1 saturated heterocycles. The third-order valence-electron chi connectivity index (χ3n) is 5.17. The minimum atomic E-state index is -3.97. The van der Waals surface area contributed by atoms with E-state index in [0.717, 1.165) is 4.70 Å². The Morgan fingerprint density at radius 2 is 1.78 bits per heavy atom. The zero-order valence-electron chi connectivity index (χ0n) is 16.9. The topological polar surface area (TPSA) is 133 Å². The smallest absolute Gasteiger partial charge is 0.259 e. The van der Waals surface area contributed by atoms with Gasteiger partial charge in [-0.1, -0.05) is 11.3 Å². The van der Waals surface area contributed by atoms with Gasteiger partial charge in [0, 0.05) is 30.9 Å². The summed E-state index contributed by atoms with van der Waals surface area (Å²) in [6.45, 7) is 3.15. The van der Waals surface area contributed by atoms with Crippen molar-refractivity contribution in [1.29, 1.82) is 0 Å². The molecular weight excluding hydrogens is 456 g/mol. The van der Waals surface area contributed by atoms with Crippen LogP contribution in [-0.4, -0.2) is 58.8 Å². The van der Waals surface area contributed by atoms with E-state index in [1.54, 1.807) is 12.1 Å². The van der Waals surface area contributed by atoms with Crippen molar-refractivity contribution in [2.24, 2.45) is 5.14 Å². The number of carbonyl (C=O) groups excluding carboxylic acids is 1. The van der Waals surface area contributed by atoms with Gasteiger partial charge in [0.2, 0.25) is 10.0 Å². The molecule has 10 nitrogen and oxygen atoms in total. The molecule has 1 fully saturated rings. The number of thiazole rings is 1. The summed E-state index contributed by atoms with van der Waals surface area (Å²) in [5.41, 5.74) is 1.47. The van der Waals surface area contributed by atoms with Gasteiger partial charge in [-0.15, -0.1) is 0 Å². The van der Waals surface area contributed by atoms with Crippen LogP contribution in [0, 0.1) is 0 Å². The number of hydrogen-bond acceptors (Lipinski definition) is 9. The van der Waals surface area contributed by atoms with Crippen LogP contribution < -0.4 is 24.8 Å². The number of ether oxygens (including phenoxy) is 3. The Morgan fingerprint density at radius 1 is 1.06 bits per heavy atom. The number of nitrogens with two attached hydrogens (primary N) is 1. The Morgan fingerprint density at radius 3 is 2.50 bits per heavy atom. The Balaban J connectivity index is 1.48. The first-order valence-electron chi connectivity index (χ1n) is 9.89. The number of fused-ring (bicyclic) bond motifs is 2. The molecule has 2 aliphatic heterocycles. The number of aromatic nitrogens is 1. The van der Waals surface area contributed by atoms with Crippen LogP contribution in [0.5, 0.6) is 11.5 Å². The predicted molar refractivity (Wildman–Crippen MR) is 119 cm³/mol. The van der Waals surface area contributed by atoms with E-state index in [9.17, 15) is 13.2 Å². The molecule has 0 radical (unpaired) electrons. The van der Waals surface area contributed by atoms with Gasteiger partial charge < -0.3 is 19.1 Å². The SMILES string of the molecule is NS(=O)(=O)c1ccc(N2CCOCC2)c(C(=O)Nc2nc3cc4c(cc3s2)OCCO4)c1. The third kappa shape index (κ3) is 4.09. The second-order valence-electron chi connectivity index (χ2n) is 7.26. The molecular formula is C20H20N4O6S2. The first-order valence-corrected chi connectivity index (χ1v) is 12.3. The summed E-state index contributed by atoms with van der Waals surface area (Å²) in [6, 6.07) is 7.90. The lowest BCUT2D eigenvalue weighted by Gasteiger charge is -2.30. The Bertz CT molecular complexity index is 1260. The largest absolute Gasteiger partial charge is 0.486 e. The molecule has 0 atom stereocenters. The highest BCUT2D eigenvalue weighted by Gasteiger charge is 2.23. The molecule has 1 aromatic heterocycles. The number of hydrogen-bond donors (Lipinski definition) is 2. The van der Waals surface area contributed by atoms with Crippen molar-refractivity contribution in [2.75, 3.05) is 49.7 Å². The summed E-state index contributed by atoms with van der Waals surface area (Å²) in [7, 11) is -3.97. The lowest BCUT2D eigenvalue weighted by Crippen LogP contribution is -2.37. The molecule has 0 spiro atoms. The fourth-order valence-corrected chi connectivity index (χ4v) is 5.05. The molecule has 12 heteroatoms. The van der Waals surface area contributed by atoms with E-state index in [2.05, 4.69) is 10.3 Å². The van der Waals surface area contributed by atoms with Crippen LogP contribution in [-0.2, 0) is 14.8 Å². The number of nitrogens with zero attached hydrogens (tertiary/aromatic N) is 2. The molecule has 0 bridgehead atoms. The highest BCUT2D eigenvalue weighted by molar-refractivity contribution is 7.89. The summed E-state index contributed by atoms with van der Waals surface area (Å²) in [5, 5.41) is 8.46. The summed E-state index contributed by atoms with van der Waals surface area (Å²) in [6.07, 6.45) is 0. The zero-order valence-corrected chi connectivity index (χ0v) is 18.5. The lowest BCUT2D eigenvalue weighted by atomic mass is 10.1. The Labute approximate surface area is 187 Å². The quantitative estimate of drug-likeness (QED) is 0.582. The number of anilines is 2. The molecule has 168 valence electrons. The minimum absolute atomic E-state index is 0.133. The Kier molecular flexibility index (Phi) is 5.37. The van der Waals surface area contributed by atoms with Crippen LogP contribution >= 0.6 is 11.3 Å². The Hall–Kier alpha value is -2.93. The van der Waals surface area contributed by atoms with Gasteiger partial charge in [0.05, 0.1) is 33.9 Å². The average Bonchev–Trinajstić information content (AvgIpc) is 3.17. The van der Waals surface area contributed by atoms with Crippen molar-refractivity contribution in [2.45, 2.75) is 4.90 Å². The summed E-state index contributed by atoms with van der Waals surface area (Å²) < 4.78 is 41.2. The van der Waals surface area contributed by atoms with E-state index in [4.69, 9.17) is 19.3 Å². The van der Waals surface area contributed by atoms with E-state index in [1.807, 2.05) is 11.0 Å². The van der Waals surface area contributed by atoms with Gasteiger partial charge >= 0.3 is 0 Å². The van der Waals surface area contributed by atoms with Crippen LogP contribution in [0.1, 0.15) is 10.4 Å². The van der Waals surface area contributed by atoms with E-state index in [0.29, 0.717) is 67.4 Å². The molecule has 0 saturated carbocycles. The van der Waals surface area contributed by atoms with Crippen molar-refractivity contribution < 1.29 is 27.4 Å². The van der Waals surface area contributed by atoms with Crippen LogP contribution in [0.4, 0.5) is 10.8 Å². The number of nitrogens with one attached hydrogen (secondary N) is 1. The number of benzene rings is 2. The van der Waals surface area contributed by atoms with Gasteiger partial charge in [0.15, 0.2) is 16.6 Å². The van der Waals surface area contributed by atoms with Crippen LogP contribution in [0.3, 0.4) is 0 Å². The molecule has 0 unspecified atom stereocenters. The normalized spacial score (nSPS) is 16.2. The van der Waals surface area contributed by atoms with Gasteiger partial charge in [-0.2, -0.15) is 0 Å². The molecule has 3 heterocycles. The standard InChI is InChI=1S/C20H20N4O6S2/c21-32(26,27)12-1-2-15(24-3-5-28-6-4-24)13(9-12)19(25)23-20-22-14-10-16-17(11-18(14)31-20)30-8-7-29-16/h1-2,9-11H,3-8H2,(H2,21,26,27)(H,22,23,25). The molecule has 3 aromatic rings. The van der Waals surface area contributed by atoms with Crippen molar-refractivity contribution in [3.8, 4) is 11.5 Å². The van der Waals surface area contributed by atoms with Gasteiger partial charge in [0.1, 0.15) is 13.2 Å². The number of primary sulfonamides is 1. The highest BCUT2D eigenvalue weighted by atomic mass is 32.2. The number of morpholine rings is 1. The molecule has 2 aromatic carbocycles. The van der Waals surface area contributed by atoms with Crippen molar-refractivity contribution in [3.05, 3.63) is 35.9 Å². The second kappa shape index (κ2) is 8.20. The average molecular weight is 477 g/mol. The maximum absolute atomic E-state index is 13.2. The van der Waals surface area contributed by atoms with E-state index >= 15 is 0 Å². The van der Waals surface area contributed by atoms with E-state index < -0.39 is 15.9 Å². The van der Waals surface area contributed by atoms with Gasteiger partial charge in [0.25, 0.3) is 5.91 Å². The molecule has 5 rings (SSSR count). The van der Waals surface area contributed by atoms with E-state index in [1.165, 1.54) is 23.5 Å². The number of amides is 1. The lowest BCUT2D eigenvalue weighted by molar-refractivity contribution is 0.102. The fraction of sp³-hybridized carbons (Fsp3) is 0.300. The monoisotopic (exact) mass is 476 g/mol. The van der Waals surface area contributed by atoms with Gasteiger partial charge in [-0.05, 0) is 18.2 Å². The van der Waals surface area contributed by atoms with Crippen molar-refractivity contribution in [1.82, 2.24) is 4.98 Å². The van der Waals surface area contributed by atoms with Gasteiger partial charge in [-0.25, -0.2) is 18.5 Å². The van der Waals surface area contributed by atoms with Gasteiger partial charge in [-0.3, -0.25) is 10.1 Å². The minimum Gasteiger partial charge on any atom is -0.486 e. The molecule has 1 amide bonds. The first kappa shape index (κ1) is 20.9. The summed E-state index contributed by atoms with van der Waals surface area (Å²) in [5.74, 6) is 0.774. The van der Waals surface area contributed by atoms with Crippen LogP contribution in [0.2, 0.25) is 0 Å². The van der Waals surface area contributed by atoms with Crippen LogP contribution in [0.25, 0.3) is 10.2 Å². The van der Waals surface area contributed by atoms with Crippen LogP contribution in [0.15, 0.2) is 35.2 Å². The maximum atomic E-state index is 13.2. The molecule has 0 aliphatic carbocycles. The number of rotatable bonds is 4. The molecule has 32 heavy (non-hydrogen) atoms. The highest BCUT2D eigenvalue weighted by Crippen LogP contribution is 2.38. The molecule has 3 N–H and O–H groups in total. The zero-order chi connectivity index (χ0) is 22.3.